The molecule has 6 nitrogen and oxygen atoms in total. The number of carbonyl (C=O) groups is 1. The van der Waals surface area contributed by atoms with E-state index in [0.29, 0.717) is 19.0 Å². The van der Waals surface area contributed by atoms with Gasteiger partial charge in [0.1, 0.15) is 0 Å². The number of nitrogens with one attached hydrogen (secondary N) is 2. The summed E-state index contributed by atoms with van der Waals surface area (Å²) in [6, 6.07) is 3.57. The van der Waals surface area contributed by atoms with Crippen LogP contribution in [0.5, 0.6) is 5.88 Å². The van der Waals surface area contributed by atoms with Crippen molar-refractivity contribution in [2.45, 2.75) is 12.0 Å². The van der Waals surface area contributed by atoms with Gasteiger partial charge in [0.25, 0.3) is 0 Å². The van der Waals surface area contributed by atoms with E-state index in [0.717, 1.165) is 5.69 Å². The second-order valence-electron chi connectivity index (χ2n) is 4.17. The van der Waals surface area contributed by atoms with Crippen LogP contribution < -0.4 is 15.4 Å². The summed E-state index contributed by atoms with van der Waals surface area (Å²) in [4.78, 5) is 14.9. The highest BCUT2D eigenvalue weighted by molar-refractivity contribution is 5.70. The van der Waals surface area contributed by atoms with Crippen molar-refractivity contribution in [3.8, 4) is 5.88 Å². The van der Waals surface area contributed by atoms with Crippen LogP contribution in [0.1, 0.15) is 6.42 Å². The maximum absolute atomic E-state index is 10.8. The van der Waals surface area contributed by atoms with Crippen molar-refractivity contribution in [3.63, 3.8) is 0 Å². The van der Waals surface area contributed by atoms with Gasteiger partial charge in [-0.3, -0.25) is 4.79 Å². The highest BCUT2D eigenvalue weighted by Crippen LogP contribution is 2.23. The molecular weight excluding hydrogens is 222 g/mol. The molecule has 2 rings (SSSR count). The van der Waals surface area contributed by atoms with Crippen molar-refractivity contribution in [1.29, 1.82) is 0 Å². The molecule has 0 atom stereocenters. The molecular formula is C11H15N3O3. The smallest absolute Gasteiger partial charge is 0.305 e. The van der Waals surface area contributed by atoms with E-state index >= 15 is 0 Å². The highest BCUT2D eigenvalue weighted by atomic mass is 16.5. The van der Waals surface area contributed by atoms with Crippen LogP contribution in [0.4, 0.5) is 5.69 Å². The van der Waals surface area contributed by atoms with Crippen molar-refractivity contribution >= 4 is 11.7 Å². The maximum atomic E-state index is 10.8. The number of aromatic nitrogens is 1. The van der Waals surface area contributed by atoms with Crippen molar-refractivity contribution in [2.75, 3.05) is 25.5 Å². The molecule has 17 heavy (non-hydrogen) atoms. The molecule has 0 aliphatic carbocycles. The predicted octanol–water partition coefficient (Wildman–Crippen LogP) is 0.319. The standard InChI is InChI=1S/C11H15N3O3/c1-17-9-3-2-8(5-13-9)14-11(4-10(15)16)6-12-7-11/h2-3,5,12,14H,4,6-7H2,1H3,(H,15,16). The van der Waals surface area contributed by atoms with Gasteiger partial charge in [0.15, 0.2) is 0 Å². The topological polar surface area (TPSA) is 83.5 Å². The number of methoxy groups -OCH3 is 1. The number of nitrogens with zero attached hydrogens (tertiary/aromatic N) is 1. The van der Waals surface area contributed by atoms with E-state index in [1.54, 1.807) is 19.4 Å². The number of carboxylic acids is 1. The molecule has 0 amide bonds. The first-order chi connectivity index (χ1) is 8.13. The van der Waals surface area contributed by atoms with Crippen LogP contribution >= 0.6 is 0 Å². The molecule has 1 aromatic heterocycles. The molecule has 1 saturated heterocycles. The summed E-state index contributed by atoms with van der Waals surface area (Å²) in [6.07, 6.45) is 1.73. The summed E-state index contributed by atoms with van der Waals surface area (Å²) in [5.41, 5.74) is 0.399. The molecule has 0 aromatic carbocycles. The average Bonchev–Trinajstić information content (AvgIpc) is 2.26. The molecule has 0 spiro atoms. The van der Waals surface area contributed by atoms with Crippen molar-refractivity contribution in [3.05, 3.63) is 18.3 Å². The van der Waals surface area contributed by atoms with Gasteiger partial charge in [0.05, 0.1) is 31.0 Å². The minimum absolute atomic E-state index is 0.0893. The summed E-state index contributed by atoms with van der Waals surface area (Å²) in [5.74, 6) is -0.268. The summed E-state index contributed by atoms with van der Waals surface area (Å²) in [7, 11) is 1.55. The second kappa shape index (κ2) is 4.58. The first-order valence-electron chi connectivity index (χ1n) is 5.34. The van der Waals surface area contributed by atoms with Gasteiger partial charge in [0.2, 0.25) is 5.88 Å². The molecule has 3 N–H and O–H groups in total. The molecule has 1 aromatic rings. The lowest BCUT2D eigenvalue weighted by Gasteiger charge is -2.43. The molecule has 92 valence electrons. The molecule has 1 fully saturated rings. The fraction of sp³-hybridized carbons (Fsp3) is 0.455. The molecule has 1 aliphatic rings. The second-order valence-corrected chi connectivity index (χ2v) is 4.17. The van der Waals surface area contributed by atoms with Crippen molar-refractivity contribution in [1.82, 2.24) is 10.3 Å². The van der Waals surface area contributed by atoms with Crippen LogP contribution in [0, 0.1) is 0 Å². The zero-order valence-electron chi connectivity index (χ0n) is 9.56. The Kier molecular flexibility index (Phi) is 3.14. The Morgan fingerprint density at radius 1 is 1.65 bits per heavy atom. The molecule has 0 unspecified atom stereocenters. The molecule has 0 saturated carbocycles. The predicted molar refractivity (Wildman–Crippen MR) is 62.3 cm³/mol. The Hall–Kier alpha value is -1.82. The summed E-state index contributed by atoms with van der Waals surface area (Å²) in [6.45, 7) is 1.29. The summed E-state index contributed by atoms with van der Waals surface area (Å²) in [5, 5.41) is 15.2. The van der Waals surface area contributed by atoms with E-state index in [9.17, 15) is 4.79 Å². The highest BCUT2D eigenvalue weighted by Gasteiger charge is 2.39. The van der Waals surface area contributed by atoms with E-state index in [2.05, 4.69) is 15.6 Å². The Bertz CT molecular complexity index is 401. The Morgan fingerprint density at radius 3 is 2.82 bits per heavy atom. The third kappa shape index (κ3) is 2.65. The van der Waals surface area contributed by atoms with E-state index < -0.39 is 11.5 Å². The fourth-order valence-corrected chi connectivity index (χ4v) is 1.86. The van der Waals surface area contributed by atoms with Gasteiger partial charge in [-0.05, 0) is 6.07 Å². The molecule has 0 bridgehead atoms. The van der Waals surface area contributed by atoms with Crippen molar-refractivity contribution < 1.29 is 14.6 Å². The van der Waals surface area contributed by atoms with E-state index in [-0.39, 0.29) is 6.42 Å². The van der Waals surface area contributed by atoms with E-state index in [4.69, 9.17) is 9.84 Å². The van der Waals surface area contributed by atoms with Crippen LogP contribution in [0.2, 0.25) is 0 Å². The van der Waals surface area contributed by atoms with Crippen LogP contribution in [-0.2, 0) is 4.79 Å². The number of hydrogen-bond acceptors (Lipinski definition) is 5. The lowest BCUT2D eigenvalue weighted by Crippen LogP contribution is -2.65. The van der Waals surface area contributed by atoms with Crippen molar-refractivity contribution in [2.24, 2.45) is 0 Å². The molecule has 1 aliphatic heterocycles. The van der Waals surface area contributed by atoms with Crippen LogP contribution in [0.3, 0.4) is 0 Å². The zero-order chi connectivity index (χ0) is 12.3. The Balaban J connectivity index is 2.04. The van der Waals surface area contributed by atoms with E-state index in [1.165, 1.54) is 0 Å². The number of anilines is 1. The molecule has 6 heteroatoms. The SMILES string of the molecule is COc1ccc(NC2(CC(=O)O)CNC2)cn1. The minimum Gasteiger partial charge on any atom is -0.481 e. The third-order valence-corrected chi connectivity index (χ3v) is 2.77. The Labute approximate surface area is 99.0 Å². The number of carboxylic acid groups (broad SMARTS) is 1. The number of rotatable bonds is 5. The number of aliphatic carboxylic acids is 1. The quantitative estimate of drug-likeness (QED) is 0.684. The van der Waals surface area contributed by atoms with E-state index in [1.807, 2.05) is 6.07 Å². The van der Waals surface area contributed by atoms with Gasteiger partial charge in [-0.1, -0.05) is 0 Å². The van der Waals surface area contributed by atoms with Gasteiger partial charge >= 0.3 is 5.97 Å². The van der Waals surface area contributed by atoms with Gasteiger partial charge in [0, 0.05) is 19.2 Å². The third-order valence-electron chi connectivity index (χ3n) is 2.77. The molecule has 2 heterocycles. The maximum Gasteiger partial charge on any atom is 0.305 e. The lowest BCUT2D eigenvalue weighted by molar-refractivity contribution is -0.138. The zero-order valence-corrected chi connectivity index (χ0v) is 9.56. The summed E-state index contributed by atoms with van der Waals surface area (Å²) >= 11 is 0. The molecule has 0 radical (unpaired) electrons. The normalized spacial score (nSPS) is 17.0. The number of hydrogen-bond donors (Lipinski definition) is 3. The summed E-state index contributed by atoms with van der Waals surface area (Å²) < 4.78 is 4.96. The van der Waals surface area contributed by atoms with Crippen LogP contribution in [0.15, 0.2) is 18.3 Å². The monoisotopic (exact) mass is 237 g/mol. The van der Waals surface area contributed by atoms with Gasteiger partial charge in [-0.15, -0.1) is 0 Å². The van der Waals surface area contributed by atoms with Gasteiger partial charge < -0.3 is 20.5 Å². The minimum atomic E-state index is -0.805. The van der Waals surface area contributed by atoms with Gasteiger partial charge in [-0.2, -0.15) is 0 Å². The number of ether oxygens (including phenoxy) is 1. The first kappa shape index (κ1) is 11.7. The van der Waals surface area contributed by atoms with Crippen LogP contribution in [0.25, 0.3) is 0 Å². The van der Waals surface area contributed by atoms with Crippen LogP contribution in [-0.4, -0.2) is 41.8 Å². The first-order valence-corrected chi connectivity index (χ1v) is 5.34. The van der Waals surface area contributed by atoms with Gasteiger partial charge in [-0.25, -0.2) is 4.98 Å². The average molecular weight is 237 g/mol. The largest absolute Gasteiger partial charge is 0.481 e. The lowest BCUT2D eigenvalue weighted by atomic mass is 9.88. The number of pyridine rings is 1. The fourth-order valence-electron chi connectivity index (χ4n) is 1.86. The Morgan fingerprint density at radius 2 is 2.41 bits per heavy atom.